The zero-order valence-corrected chi connectivity index (χ0v) is 16.4. The van der Waals surface area contributed by atoms with Gasteiger partial charge >= 0.3 is 0 Å². The summed E-state index contributed by atoms with van der Waals surface area (Å²) in [5.41, 5.74) is 4.22. The number of rotatable bonds is 5. The summed E-state index contributed by atoms with van der Waals surface area (Å²) < 4.78 is 0. The minimum Gasteiger partial charge on any atom is -0.338 e. The van der Waals surface area contributed by atoms with Crippen molar-refractivity contribution in [1.29, 1.82) is 0 Å². The average Bonchev–Trinajstić information content (AvgIpc) is 2.68. The van der Waals surface area contributed by atoms with Crippen molar-refractivity contribution >= 4 is 17.5 Å². The molecule has 4 heteroatoms. The second-order valence-corrected chi connectivity index (χ2v) is 7.51. The molecule has 0 fully saturated rings. The number of amides is 2. The first kappa shape index (κ1) is 19.2. The summed E-state index contributed by atoms with van der Waals surface area (Å²) in [5, 5.41) is 3.07. The average molecular weight is 364 g/mol. The van der Waals surface area contributed by atoms with Crippen LogP contribution in [0.4, 0.5) is 5.69 Å². The lowest BCUT2D eigenvalue weighted by molar-refractivity contribution is -0.135. The number of hydrogen-bond acceptors (Lipinski definition) is 2. The molecule has 0 aromatic heterocycles. The second-order valence-electron chi connectivity index (χ2n) is 7.51. The molecule has 1 N–H and O–H groups in total. The van der Waals surface area contributed by atoms with E-state index in [-0.39, 0.29) is 23.7 Å². The maximum Gasteiger partial charge on any atom is 0.231 e. The predicted octanol–water partition coefficient (Wildman–Crippen LogP) is 4.36. The Hall–Kier alpha value is -2.62. The summed E-state index contributed by atoms with van der Waals surface area (Å²) in [5.74, 6) is 0.0339. The Kier molecular flexibility index (Phi) is 5.94. The Morgan fingerprint density at radius 1 is 1.07 bits per heavy atom. The Labute approximate surface area is 161 Å². The van der Waals surface area contributed by atoms with E-state index >= 15 is 0 Å². The maximum absolute atomic E-state index is 12.8. The fourth-order valence-electron chi connectivity index (χ4n) is 3.68. The van der Waals surface area contributed by atoms with Gasteiger partial charge in [0, 0.05) is 24.7 Å². The van der Waals surface area contributed by atoms with Gasteiger partial charge in [-0.15, -0.1) is 0 Å². The number of carbonyl (C=O) groups excluding carboxylic acids is 2. The van der Waals surface area contributed by atoms with Crippen LogP contribution in [0.2, 0.25) is 0 Å². The van der Waals surface area contributed by atoms with Crippen LogP contribution in [0.3, 0.4) is 0 Å². The molecule has 2 aromatic carbocycles. The highest BCUT2D eigenvalue weighted by atomic mass is 16.2. The Bertz CT molecular complexity index is 814. The topological polar surface area (TPSA) is 49.4 Å². The number of hydrogen-bond donors (Lipinski definition) is 1. The molecule has 3 rings (SSSR count). The van der Waals surface area contributed by atoms with Crippen molar-refractivity contribution in [1.82, 2.24) is 4.90 Å². The predicted molar refractivity (Wildman–Crippen MR) is 109 cm³/mol. The van der Waals surface area contributed by atoms with Gasteiger partial charge in [-0.3, -0.25) is 9.59 Å². The molecule has 1 atom stereocenters. The van der Waals surface area contributed by atoms with E-state index in [1.54, 1.807) is 0 Å². The van der Waals surface area contributed by atoms with Gasteiger partial charge in [0.1, 0.15) is 0 Å². The first-order valence-corrected chi connectivity index (χ1v) is 9.76. The van der Waals surface area contributed by atoms with Crippen molar-refractivity contribution in [2.75, 3.05) is 11.9 Å². The lowest BCUT2D eigenvalue weighted by atomic mass is 9.95. The molecule has 2 aromatic rings. The van der Waals surface area contributed by atoms with Gasteiger partial charge in [-0.1, -0.05) is 57.2 Å². The van der Waals surface area contributed by atoms with Crippen molar-refractivity contribution in [2.24, 2.45) is 5.92 Å². The molecular weight excluding hydrogens is 336 g/mol. The monoisotopic (exact) mass is 364 g/mol. The third-order valence-corrected chi connectivity index (χ3v) is 5.22. The molecule has 0 radical (unpaired) electrons. The van der Waals surface area contributed by atoms with Crippen molar-refractivity contribution in [3.05, 3.63) is 65.2 Å². The summed E-state index contributed by atoms with van der Waals surface area (Å²) in [6.45, 7) is 7.28. The van der Waals surface area contributed by atoms with Crippen LogP contribution in [-0.4, -0.2) is 23.3 Å². The zero-order chi connectivity index (χ0) is 19.4. The van der Waals surface area contributed by atoms with Gasteiger partial charge in [-0.05, 0) is 41.7 Å². The highest BCUT2D eigenvalue weighted by molar-refractivity contribution is 5.96. The number of nitrogens with one attached hydrogen (secondary N) is 1. The van der Waals surface area contributed by atoms with Crippen molar-refractivity contribution in [2.45, 2.75) is 46.1 Å². The first-order chi connectivity index (χ1) is 13.0. The van der Waals surface area contributed by atoms with E-state index in [0.29, 0.717) is 6.54 Å². The van der Waals surface area contributed by atoms with E-state index in [2.05, 4.69) is 11.4 Å². The molecule has 0 saturated heterocycles. The fourth-order valence-corrected chi connectivity index (χ4v) is 3.68. The van der Waals surface area contributed by atoms with Crippen LogP contribution in [0, 0.1) is 5.92 Å². The number of carbonyl (C=O) groups is 2. The van der Waals surface area contributed by atoms with Gasteiger partial charge in [0.2, 0.25) is 11.8 Å². The van der Waals surface area contributed by atoms with Crippen LogP contribution in [0.25, 0.3) is 0 Å². The minimum absolute atomic E-state index is 0.00520. The van der Waals surface area contributed by atoms with E-state index in [1.807, 2.05) is 68.1 Å². The smallest absolute Gasteiger partial charge is 0.231 e. The van der Waals surface area contributed by atoms with Gasteiger partial charge in [0.15, 0.2) is 0 Å². The highest BCUT2D eigenvalue weighted by Gasteiger charge is 2.23. The molecule has 0 aliphatic carbocycles. The molecular formula is C23H28N2O2. The van der Waals surface area contributed by atoms with Crippen molar-refractivity contribution < 1.29 is 9.59 Å². The maximum atomic E-state index is 12.8. The summed E-state index contributed by atoms with van der Waals surface area (Å²) >= 11 is 0. The van der Waals surface area contributed by atoms with Crippen LogP contribution in [0.5, 0.6) is 0 Å². The number of fused-ring (bicyclic) bond motifs is 1. The molecule has 142 valence electrons. The molecule has 1 heterocycles. The summed E-state index contributed by atoms with van der Waals surface area (Å²) in [6.07, 6.45) is 1.61. The third kappa shape index (κ3) is 4.38. The van der Waals surface area contributed by atoms with Crippen LogP contribution < -0.4 is 5.32 Å². The lowest BCUT2D eigenvalue weighted by Gasteiger charge is -2.30. The van der Waals surface area contributed by atoms with Crippen LogP contribution in [-0.2, 0) is 22.6 Å². The fraction of sp³-hybridized carbons (Fsp3) is 0.391. The van der Waals surface area contributed by atoms with Crippen LogP contribution >= 0.6 is 0 Å². The number of anilines is 1. The van der Waals surface area contributed by atoms with E-state index in [4.69, 9.17) is 0 Å². The molecule has 1 aliphatic rings. The van der Waals surface area contributed by atoms with Gasteiger partial charge in [-0.25, -0.2) is 0 Å². The molecule has 0 saturated carbocycles. The SMILES string of the molecule is CCC(C(=O)Nc1ccc2c(c1)CN(C(=O)C(C)C)CC2)c1ccccc1. The number of benzene rings is 2. The van der Waals surface area contributed by atoms with E-state index in [0.717, 1.165) is 36.2 Å². The molecule has 1 unspecified atom stereocenters. The van der Waals surface area contributed by atoms with E-state index in [9.17, 15) is 9.59 Å². The quantitative estimate of drug-likeness (QED) is 0.857. The van der Waals surface area contributed by atoms with Gasteiger partial charge in [0.25, 0.3) is 0 Å². The standard InChI is InChI=1S/C23H28N2O2/c1-4-21(18-8-6-5-7-9-18)22(26)24-20-11-10-17-12-13-25(15-19(17)14-20)23(27)16(2)3/h5-11,14,16,21H,4,12-13,15H2,1-3H3,(H,24,26). The third-order valence-electron chi connectivity index (χ3n) is 5.22. The summed E-state index contributed by atoms with van der Waals surface area (Å²) in [4.78, 5) is 27.0. The van der Waals surface area contributed by atoms with Gasteiger partial charge in [-0.2, -0.15) is 0 Å². The van der Waals surface area contributed by atoms with E-state index in [1.165, 1.54) is 5.56 Å². The molecule has 0 bridgehead atoms. The molecule has 0 spiro atoms. The van der Waals surface area contributed by atoms with Crippen LogP contribution in [0.15, 0.2) is 48.5 Å². The minimum atomic E-state index is -0.166. The summed E-state index contributed by atoms with van der Waals surface area (Å²) in [7, 11) is 0. The molecule has 27 heavy (non-hydrogen) atoms. The normalized spacial score (nSPS) is 14.6. The van der Waals surface area contributed by atoms with E-state index < -0.39 is 0 Å². The molecule has 2 amide bonds. The second kappa shape index (κ2) is 8.38. The Morgan fingerprint density at radius 2 is 1.81 bits per heavy atom. The van der Waals surface area contributed by atoms with Crippen molar-refractivity contribution in [3.63, 3.8) is 0 Å². The number of nitrogens with zero attached hydrogens (tertiary/aromatic N) is 1. The first-order valence-electron chi connectivity index (χ1n) is 9.76. The Morgan fingerprint density at radius 3 is 2.48 bits per heavy atom. The largest absolute Gasteiger partial charge is 0.338 e. The molecule has 1 aliphatic heterocycles. The highest BCUT2D eigenvalue weighted by Crippen LogP contribution is 2.26. The van der Waals surface area contributed by atoms with Crippen molar-refractivity contribution in [3.8, 4) is 0 Å². The zero-order valence-electron chi connectivity index (χ0n) is 16.4. The Balaban J connectivity index is 1.74. The molecule has 4 nitrogen and oxygen atoms in total. The lowest BCUT2D eigenvalue weighted by Crippen LogP contribution is -2.38. The van der Waals surface area contributed by atoms with Gasteiger partial charge in [0.05, 0.1) is 5.92 Å². The summed E-state index contributed by atoms with van der Waals surface area (Å²) in [6, 6.07) is 15.9. The van der Waals surface area contributed by atoms with Crippen LogP contribution in [0.1, 0.15) is 49.8 Å². The van der Waals surface area contributed by atoms with Gasteiger partial charge < -0.3 is 10.2 Å².